The van der Waals surface area contributed by atoms with Gasteiger partial charge in [0.25, 0.3) is 5.91 Å². The highest BCUT2D eigenvalue weighted by molar-refractivity contribution is 6.01. The van der Waals surface area contributed by atoms with E-state index in [4.69, 9.17) is 0 Å². The van der Waals surface area contributed by atoms with Gasteiger partial charge in [-0.15, -0.1) is 0 Å². The molecule has 1 aliphatic heterocycles. The number of carbonyl (C=O) groups excluding carboxylic acids is 1. The zero-order chi connectivity index (χ0) is 26.6. The van der Waals surface area contributed by atoms with Crippen LogP contribution < -0.4 is 10.6 Å². The van der Waals surface area contributed by atoms with Crippen LogP contribution in [0.5, 0.6) is 0 Å². The summed E-state index contributed by atoms with van der Waals surface area (Å²) in [7, 11) is 1.81. The molecule has 0 radical (unpaired) electrons. The summed E-state index contributed by atoms with van der Waals surface area (Å²) in [6, 6.07) is 11.4. The van der Waals surface area contributed by atoms with E-state index in [9.17, 15) is 22.4 Å². The number of benzene rings is 1. The molecule has 1 aromatic carbocycles. The Morgan fingerprint density at radius 2 is 2.00 bits per heavy atom. The number of hydrogen-bond acceptors (Lipinski definition) is 5. The minimum Gasteiger partial charge on any atom is -0.356 e. The number of aromatic nitrogens is 2. The lowest BCUT2D eigenvalue weighted by atomic mass is 10.0. The fraction of sp³-hybridized carbons (Fsp3) is 0.222. The number of nitrogens with one attached hydrogen (secondary N) is 2. The van der Waals surface area contributed by atoms with Gasteiger partial charge in [0, 0.05) is 47.9 Å². The Bertz CT molecular complexity index is 1380. The van der Waals surface area contributed by atoms with Crippen LogP contribution in [0, 0.1) is 0 Å². The lowest BCUT2D eigenvalue weighted by molar-refractivity contribution is -0.0688. The fourth-order valence-electron chi connectivity index (χ4n) is 3.92. The zero-order valence-electron chi connectivity index (χ0n) is 20.1. The van der Waals surface area contributed by atoms with Crippen molar-refractivity contribution in [1.82, 2.24) is 20.2 Å². The molecular formula is C27H25F4N5O. The summed E-state index contributed by atoms with van der Waals surface area (Å²) < 4.78 is 55.4. The first-order chi connectivity index (χ1) is 17.6. The Kier molecular flexibility index (Phi) is 7.68. The topological polar surface area (TPSA) is 70.1 Å². The van der Waals surface area contributed by atoms with Crippen molar-refractivity contribution in [2.24, 2.45) is 0 Å². The highest BCUT2D eigenvalue weighted by Gasteiger charge is 2.35. The predicted octanol–water partition coefficient (Wildman–Crippen LogP) is 5.58. The highest BCUT2D eigenvalue weighted by atomic mass is 19.4. The number of amides is 1. The lowest BCUT2D eigenvalue weighted by Crippen LogP contribution is -2.28. The van der Waals surface area contributed by atoms with Crippen molar-refractivity contribution < 1.29 is 22.4 Å². The minimum atomic E-state index is -4.69. The summed E-state index contributed by atoms with van der Waals surface area (Å²) in [5, 5.41) is 6.42. The van der Waals surface area contributed by atoms with Crippen LogP contribution in [-0.4, -0.2) is 53.6 Å². The fourth-order valence-corrected chi connectivity index (χ4v) is 3.92. The molecule has 0 unspecified atom stereocenters. The van der Waals surface area contributed by atoms with E-state index < -0.39 is 11.7 Å². The van der Waals surface area contributed by atoms with Crippen molar-refractivity contribution in [2.45, 2.75) is 12.6 Å². The maximum absolute atomic E-state index is 14.6. The lowest BCUT2D eigenvalue weighted by Gasteiger charge is -2.25. The van der Waals surface area contributed by atoms with Crippen molar-refractivity contribution in [3.8, 4) is 0 Å². The van der Waals surface area contributed by atoms with E-state index in [0.29, 0.717) is 29.7 Å². The first-order valence-electron chi connectivity index (χ1n) is 11.5. The normalized spacial score (nSPS) is 14.8. The van der Waals surface area contributed by atoms with E-state index in [1.165, 1.54) is 18.3 Å². The third kappa shape index (κ3) is 6.21. The summed E-state index contributed by atoms with van der Waals surface area (Å²) in [6.07, 6.45) is 0.333. The Labute approximate surface area is 211 Å². The molecule has 2 aromatic heterocycles. The van der Waals surface area contributed by atoms with Gasteiger partial charge in [-0.2, -0.15) is 13.2 Å². The van der Waals surface area contributed by atoms with Gasteiger partial charge in [0.1, 0.15) is 11.5 Å². The number of rotatable bonds is 7. The molecule has 1 aliphatic rings. The zero-order valence-corrected chi connectivity index (χ0v) is 20.1. The molecule has 0 bridgehead atoms. The summed E-state index contributed by atoms with van der Waals surface area (Å²) in [4.78, 5) is 22.2. The molecule has 1 amide bonds. The van der Waals surface area contributed by atoms with Gasteiger partial charge in [0.15, 0.2) is 0 Å². The van der Waals surface area contributed by atoms with Gasteiger partial charge in [-0.25, -0.2) is 9.37 Å². The Morgan fingerprint density at radius 1 is 1.19 bits per heavy atom. The second kappa shape index (κ2) is 10.9. The maximum atomic E-state index is 14.6. The first-order valence-corrected chi connectivity index (χ1v) is 11.5. The number of pyridine rings is 2. The standard InChI is InChI=1S/C27H25F4N5O/c1-17(27(29,30)31)25-19-8-5-10-22(35-23-11-14-36(2)16-21(23)28)20(19)15-18(34-25)7-6-13-33-26(37)24-9-3-4-12-32-24/h3-10,12,15,35H,1,11,13-14,16H2,2H3,(H,33,37)/b7-6+. The monoisotopic (exact) mass is 511 g/mol. The molecule has 0 fully saturated rings. The molecule has 2 N–H and O–H groups in total. The van der Waals surface area contributed by atoms with Crippen LogP contribution in [0.4, 0.5) is 23.2 Å². The highest BCUT2D eigenvalue weighted by Crippen LogP contribution is 2.37. The molecular weight excluding hydrogens is 486 g/mol. The number of hydrogen-bond donors (Lipinski definition) is 2. The van der Waals surface area contributed by atoms with Crippen molar-refractivity contribution in [3.05, 3.63) is 89.9 Å². The number of nitrogens with zero attached hydrogens (tertiary/aromatic N) is 3. The van der Waals surface area contributed by atoms with E-state index in [0.717, 1.165) is 0 Å². The molecule has 0 spiro atoms. The largest absolute Gasteiger partial charge is 0.417 e. The molecule has 3 aromatic rings. The summed E-state index contributed by atoms with van der Waals surface area (Å²) in [5.74, 6) is -0.703. The summed E-state index contributed by atoms with van der Waals surface area (Å²) in [6.45, 7) is 4.15. The van der Waals surface area contributed by atoms with Crippen molar-refractivity contribution in [2.75, 3.05) is 32.0 Å². The van der Waals surface area contributed by atoms with Gasteiger partial charge < -0.3 is 10.6 Å². The number of allylic oxidation sites excluding steroid dienone is 1. The van der Waals surface area contributed by atoms with Crippen LogP contribution in [0.1, 0.15) is 28.3 Å². The smallest absolute Gasteiger partial charge is 0.356 e. The molecule has 37 heavy (non-hydrogen) atoms. The first kappa shape index (κ1) is 26.0. The van der Waals surface area contributed by atoms with Gasteiger partial charge in [-0.05, 0) is 37.4 Å². The molecule has 192 valence electrons. The molecule has 0 saturated carbocycles. The number of anilines is 1. The summed E-state index contributed by atoms with van der Waals surface area (Å²) in [5.41, 5.74) is -0.0692. The van der Waals surface area contributed by atoms with E-state index in [1.807, 2.05) is 11.9 Å². The summed E-state index contributed by atoms with van der Waals surface area (Å²) >= 11 is 0. The van der Waals surface area contributed by atoms with Crippen LogP contribution in [0.25, 0.3) is 22.4 Å². The molecule has 4 rings (SSSR count). The number of carbonyl (C=O) groups is 1. The van der Waals surface area contributed by atoms with E-state index >= 15 is 0 Å². The molecule has 0 saturated heterocycles. The molecule has 3 heterocycles. The average molecular weight is 512 g/mol. The second-order valence-corrected chi connectivity index (χ2v) is 8.60. The Balaban J connectivity index is 1.67. The van der Waals surface area contributed by atoms with Crippen molar-refractivity contribution in [3.63, 3.8) is 0 Å². The number of likely N-dealkylation sites (N-methyl/N-ethyl adjacent to an activating group) is 1. The Hall–Kier alpha value is -4.05. The van der Waals surface area contributed by atoms with Gasteiger partial charge in [0.2, 0.25) is 0 Å². The Morgan fingerprint density at radius 3 is 2.70 bits per heavy atom. The van der Waals surface area contributed by atoms with Gasteiger partial charge in [-0.1, -0.05) is 30.9 Å². The maximum Gasteiger partial charge on any atom is 0.417 e. The minimum absolute atomic E-state index is 0.107. The van der Waals surface area contributed by atoms with Crippen molar-refractivity contribution >= 4 is 34.0 Å². The van der Waals surface area contributed by atoms with Gasteiger partial charge >= 0.3 is 6.18 Å². The van der Waals surface area contributed by atoms with Crippen LogP contribution in [0.15, 0.2) is 72.8 Å². The molecule has 0 atom stereocenters. The second-order valence-electron chi connectivity index (χ2n) is 8.60. The molecule has 6 nitrogen and oxygen atoms in total. The predicted molar refractivity (Wildman–Crippen MR) is 136 cm³/mol. The van der Waals surface area contributed by atoms with Gasteiger partial charge in [-0.3, -0.25) is 14.7 Å². The van der Waals surface area contributed by atoms with E-state index in [2.05, 4.69) is 27.2 Å². The third-order valence-electron chi connectivity index (χ3n) is 5.85. The average Bonchev–Trinajstić information content (AvgIpc) is 2.87. The number of alkyl halides is 3. The number of fused-ring (bicyclic) bond motifs is 1. The SMILES string of the molecule is C=C(c1nc(/C=C/CNC(=O)c2ccccn2)cc2c(NC3=C(F)CN(C)CC3)cccc12)C(F)(F)F. The van der Waals surface area contributed by atoms with Crippen molar-refractivity contribution in [1.29, 1.82) is 0 Å². The molecule has 0 aliphatic carbocycles. The van der Waals surface area contributed by atoms with Crippen LogP contribution in [0.2, 0.25) is 0 Å². The third-order valence-corrected chi connectivity index (χ3v) is 5.85. The quantitative estimate of drug-likeness (QED) is 0.406. The number of halogens is 4. The van der Waals surface area contributed by atoms with E-state index in [-0.39, 0.29) is 47.3 Å². The van der Waals surface area contributed by atoms with Crippen LogP contribution in [0.3, 0.4) is 0 Å². The molecule has 10 heteroatoms. The van der Waals surface area contributed by atoms with Gasteiger partial charge in [0.05, 0.1) is 23.5 Å². The van der Waals surface area contributed by atoms with E-state index in [1.54, 1.807) is 42.5 Å². The van der Waals surface area contributed by atoms with Crippen LogP contribution in [-0.2, 0) is 0 Å². The van der Waals surface area contributed by atoms with Crippen LogP contribution >= 0.6 is 0 Å².